The molecule has 4 nitrogen and oxygen atoms in total. The van der Waals surface area contributed by atoms with Crippen molar-refractivity contribution in [3.05, 3.63) is 14.2 Å². The largest absolute Gasteiger partial charge is 0.553 e. The maximum atomic E-state index is 4.62. The van der Waals surface area contributed by atoms with E-state index in [0.29, 0.717) is 26.4 Å². The Bertz CT molecular complexity index is 48.1. The summed E-state index contributed by atoms with van der Waals surface area (Å²) in [6.45, 7) is 2.42. The van der Waals surface area contributed by atoms with Crippen molar-refractivity contribution >= 4 is 0 Å². The second-order valence-corrected chi connectivity index (χ2v) is 1.80. The first kappa shape index (κ1) is 17.8. The third-order valence-electron chi connectivity index (χ3n) is 0.864. The van der Waals surface area contributed by atoms with Gasteiger partial charge in [-0.2, -0.15) is 0 Å². The van der Waals surface area contributed by atoms with Gasteiger partial charge in [-0.3, -0.25) is 0 Å². The summed E-state index contributed by atoms with van der Waals surface area (Å²) in [5.41, 5.74) is 0. The third-order valence-corrected chi connectivity index (χ3v) is 0.864. The summed E-state index contributed by atoms with van der Waals surface area (Å²) < 4.78 is 18.0. The maximum Gasteiger partial charge on any atom is 0.0666 e. The molecule has 0 fully saturated rings. The molecule has 0 aromatic heterocycles. The molecule has 0 aliphatic rings. The second kappa shape index (κ2) is 22.4. The first-order chi connectivity index (χ1) is 5.83. The van der Waals surface area contributed by atoms with E-state index in [1.165, 1.54) is 0 Å². The van der Waals surface area contributed by atoms with Gasteiger partial charge < -0.3 is 18.9 Å². The summed E-state index contributed by atoms with van der Waals surface area (Å²) >= 11 is 0. The molecule has 78 valence electrons. The minimum atomic E-state index is 0. The Labute approximate surface area is 74.8 Å². The van der Waals surface area contributed by atoms with E-state index in [1.807, 2.05) is 0 Å². The van der Waals surface area contributed by atoms with E-state index >= 15 is 0 Å². The van der Waals surface area contributed by atoms with Crippen LogP contribution in [-0.4, -0.2) is 40.6 Å². The molecule has 0 aromatic rings. The van der Waals surface area contributed by atoms with Gasteiger partial charge in [-0.05, 0) is 0 Å². The van der Waals surface area contributed by atoms with Crippen LogP contribution in [0.1, 0.15) is 0 Å². The summed E-state index contributed by atoms with van der Waals surface area (Å²) in [5, 5.41) is 0. The normalized spacial score (nSPS) is 8.31. The zero-order chi connectivity index (χ0) is 9.66. The van der Waals surface area contributed by atoms with E-state index in [4.69, 9.17) is 0 Å². The topological polar surface area (TPSA) is 36.9 Å². The van der Waals surface area contributed by atoms with Gasteiger partial charge in [0.2, 0.25) is 0 Å². The Morgan fingerprint density at radius 3 is 1.15 bits per heavy atom. The number of ether oxygens (including phenoxy) is 4. The smallest absolute Gasteiger partial charge is 0.0666 e. The zero-order valence-electron chi connectivity index (χ0n) is 8.58. The fourth-order valence-electron chi connectivity index (χ4n) is 0.285. The molecule has 0 aliphatic carbocycles. The van der Waals surface area contributed by atoms with Gasteiger partial charge in [0.25, 0.3) is 0 Å². The van der Waals surface area contributed by atoms with Crippen LogP contribution in [-0.2, 0) is 18.9 Å². The number of hydrogen-bond donors (Lipinski definition) is 0. The Kier molecular flexibility index (Phi) is 30.7. The number of rotatable bonds is 6. The molecular formula is C8H18O4Rf-2. The van der Waals surface area contributed by atoms with Gasteiger partial charge in [0.05, 0.1) is 13.2 Å². The second-order valence-electron chi connectivity index (χ2n) is 1.80. The molecular weight excluding hydrogens is 427 g/mol. The number of methoxy groups -OCH3 is 2. The first-order valence-electron chi connectivity index (χ1n) is 3.55. The van der Waals surface area contributed by atoms with Crippen molar-refractivity contribution in [3.63, 3.8) is 0 Å². The fourth-order valence-corrected chi connectivity index (χ4v) is 0.285. The summed E-state index contributed by atoms with van der Waals surface area (Å²) in [6, 6.07) is 0. The van der Waals surface area contributed by atoms with Crippen LogP contribution < -0.4 is 0 Å². The van der Waals surface area contributed by atoms with Gasteiger partial charge >= 0.3 is 0 Å². The van der Waals surface area contributed by atoms with Gasteiger partial charge in [-0.15, -0.1) is 0 Å². The predicted octanol–water partition coefficient (Wildman–Crippen LogP) is 0.882. The van der Waals surface area contributed by atoms with Crippen molar-refractivity contribution in [3.8, 4) is 0 Å². The molecule has 0 saturated heterocycles. The summed E-state index contributed by atoms with van der Waals surface area (Å²) in [5.74, 6) is 0. The Morgan fingerprint density at radius 2 is 1.08 bits per heavy atom. The molecule has 0 heterocycles. The summed E-state index contributed by atoms with van der Waals surface area (Å²) in [4.78, 5) is 0. The van der Waals surface area contributed by atoms with Crippen molar-refractivity contribution < 1.29 is 18.9 Å². The standard InChI is InChI=1S/2C4H9O2.Rf/c2*1-5-3-4-6-2;/h2*1,3-4H2,2H3;/q2*-1;. The van der Waals surface area contributed by atoms with E-state index in [1.54, 1.807) is 14.2 Å². The Hall–Kier alpha value is -1.16. The first-order valence-corrected chi connectivity index (χ1v) is 3.55. The van der Waals surface area contributed by atoms with E-state index in [-0.39, 0.29) is 0 Å². The molecule has 0 amide bonds. The van der Waals surface area contributed by atoms with Crippen LogP contribution in [0.2, 0.25) is 0 Å². The molecule has 0 unspecified atom stereocenters. The van der Waals surface area contributed by atoms with E-state index in [9.17, 15) is 0 Å². The van der Waals surface area contributed by atoms with Crippen molar-refractivity contribution in [2.75, 3.05) is 40.6 Å². The van der Waals surface area contributed by atoms with Crippen molar-refractivity contribution in [2.24, 2.45) is 0 Å². The van der Waals surface area contributed by atoms with Crippen LogP contribution >= 0.6 is 0 Å². The molecule has 13 heavy (non-hydrogen) atoms. The predicted molar refractivity (Wildman–Crippen MR) is 46.4 cm³/mol. The monoisotopic (exact) mass is 445 g/mol. The Balaban J connectivity index is -0.000000143. The van der Waals surface area contributed by atoms with Crippen molar-refractivity contribution in [2.45, 2.75) is 0 Å². The van der Waals surface area contributed by atoms with Crippen LogP contribution in [0.15, 0.2) is 0 Å². The van der Waals surface area contributed by atoms with Crippen molar-refractivity contribution in [1.82, 2.24) is 0 Å². The maximum absolute atomic E-state index is 4.62. The molecule has 0 saturated carbocycles. The van der Waals surface area contributed by atoms with Crippen LogP contribution in [0.4, 0.5) is 0 Å². The van der Waals surface area contributed by atoms with Gasteiger partial charge in [0.15, 0.2) is 0 Å². The van der Waals surface area contributed by atoms with Gasteiger partial charge in [-0.25, -0.2) is 14.2 Å². The molecule has 0 aromatic carbocycles. The summed E-state index contributed by atoms with van der Waals surface area (Å²) in [6.07, 6.45) is 0. The van der Waals surface area contributed by atoms with Crippen LogP contribution in [0.25, 0.3) is 0 Å². The third kappa shape index (κ3) is 36.2. The Morgan fingerprint density at radius 1 is 0.769 bits per heavy atom. The van der Waals surface area contributed by atoms with Crippen molar-refractivity contribution in [1.29, 1.82) is 0 Å². The average Bonchev–Trinajstić information content (AvgIpc) is 2.12. The van der Waals surface area contributed by atoms with Gasteiger partial charge in [0, 0.05) is 27.4 Å². The van der Waals surface area contributed by atoms with Gasteiger partial charge in [-0.1, -0.05) is 0 Å². The molecule has 0 radical (unpaired) electrons. The van der Waals surface area contributed by atoms with Crippen LogP contribution in [0, 0.1) is 14.2 Å². The molecule has 0 N–H and O–H groups in total. The van der Waals surface area contributed by atoms with Crippen LogP contribution in [0.5, 0.6) is 0 Å². The van der Waals surface area contributed by atoms with Crippen LogP contribution in [0.3, 0.4) is 0 Å². The molecule has 0 atom stereocenters. The van der Waals surface area contributed by atoms with E-state index < -0.39 is 0 Å². The molecule has 0 rings (SSSR count). The molecule has 0 bridgehead atoms. The quantitative estimate of drug-likeness (QED) is 0.450. The minimum Gasteiger partial charge on any atom is -0.553 e. The minimum absolute atomic E-state index is 0. The fraction of sp³-hybridized carbons (Fsp3) is 0.750. The average molecular weight is 445 g/mol. The number of hydrogen-bond acceptors (Lipinski definition) is 4. The SMILES string of the molecule is [CH2-]OCCOC.[CH2-]OCCOC.[Rf]. The molecule has 0 aliphatic heterocycles. The molecule has 0 spiro atoms. The summed E-state index contributed by atoms with van der Waals surface area (Å²) in [7, 11) is 9.53. The van der Waals surface area contributed by atoms with E-state index in [2.05, 4.69) is 33.2 Å². The van der Waals surface area contributed by atoms with E-state index in [0.717, 1.165) is 0 Å². The zero-order valence-corrected chi connectivity index (χ0v) is 15.0. The molecule has 5 heteroatoms. The van der Waals surface area contributed by atoms with Gasteiger partial charge in [0.1, 0.15) is 0 Å².